The van der Waals surface area contributed by atoms with Gasteiger partial charge in [0.25, 0.3) is 0 Å². The molecule has 3 atom stereocenters. The van der Waals surface area contributed by atoms with Crippen LogP contribution >= 0.6 is 0 Å². The van der Waals surface area contributed by atoms with Crippen LogP contribution in [-0.4, -0.2) is 61.2 Å². The van der Waals surface area contributed by atoms with E-state index in [4.69, 9.17) is 0 Å². The highest BCUT2D eigenvalue weighted by atomic mass is 15.3. The van der Waals surface area contributed by atoms with Gasteiger partial charge in [0.15, 0.2) is 0 Å². The van der Waals surface area contributed by atoms with E-state index in [1.54, 1.807) is 0 Å². The molecule has 2 aliphatic rings. The normalized spacial score (nSPS) is 33.8. The summed E-state index contributed by atoms with van der Waals surface area (Å²) in [7, 11) is 2.32. The Morgan fingerprint density at radius 3 is 2.70 bits per heavy atom. The van der Waals surface area contributed by atoms with E-state index >= 15 is 0 Å². The van der Waals surface area contributed by atoms with Crippen LogP contribution in [-0.2, 0) is 0 Å². The van der Waals surface area contributed by atoms with E-state index in [0.717, 1.165) is 18.0 Å². The maximum Gasteiger partial charge on any atom is 0.0245 e. The fourth-order valence-electron chi connectivity index (χ4n) is 3.95. The van der Waals surface area contributed by atoms with Crippen molar-refractivity contribution >= 4 is 0 Å². The van der Waals surface area contributed by atoms with Crippen molar-refractivity contribution in [1.82, 2.24) is 15.1 Å². The summed E-state index contributed by atoms with van der Waals surface area (Å²) in [5, 5.41) is 3.77. The number of hydrogen-bond donors (Lipinski definition) is 1. The Bertz CT molecular complexity index is 279. The van der Waals surface area contributed by atoms with E-state index in [9.17, 15) is 0 Å². The van der Waals surface area contributed by atoms with E-state index in [2.05, 4.69) is 42.9 Å². The summed E-state index contributed by atoms with van der Waals surface area (Å²) < 4.78 is 0. The van der Waals surface area contributed by atoms with Crippen LogP contribution in [0.5, 0.6) is 0 Å². The molecule has 0 amide bonds. The van der Waals surface area contributed by atoms with E-state index in [0.29, 0.717) is 6.04 Å². The van der Waals surface area contributed by atoms with Gasteiger partial charge in [-0.2, -0.15) is 0 Å². The van der Waals surface area contributed by atoms with Crippen molar-refractivity contribution in [2.24, 2.45) is 5.92 Å². The summed E-state index contributed by atoms with van der Waals surface area (Å²) in [4.78, 5) is 5.39. The van der Waals surface area contributed by atoms with Gasteiger partial charge in [0, 0.05) is 37.8 Å². The van der Waals surface area contributed by atoms with Crippen molar-refractivity contribution in [3.63, 3.8) is 0 Å². The number of hydrogen-bond acceptors (Lipinski definition) is 3. The zero-order valence-electron chi connectivity index (χ0n) is 14.1. The third-order valence-electron chi connectivity index (χ3n) is 5.31. The molecule has 2 saturated heterocycles. The lowest BCUT2D eigenvalue weighted by atomic mass is 9.94. The molecule has 118 valence electrons. The molecule has 20 heavy (non-hydrogen) atoms. The molecule has 0 radical (unpaired) electrons. The van der Waals surface area contributed by atoms with E-state index in [1.807, 2.05) is 0 Å². The van der Waals surface area contributed by atoms with Crippen LogP contribution < -0.4 is 5.32 Å². The van der Waals surface area contributed by atoms with Crippen molar-refractivity contribution in [2.45, 2.75) is 71.0 Å². The van der Waals surface area contributed by atoms with Crippen molar-refractivity contribution in [3.8, 4) is 0 Å². The molecule has 3 unspecified atom stereocenters. The van der Waals surface area contributed by atoms with Crippen LogP contribution in [0.15, 0.2) is 0 Å². The summed E-state index contributed by atoms with van der Waals surface area (Å²) in [5.74, 6) is 0.749. The monoisotopic (exact) mass is 281 g/mol. The van der Waals surface area contributed by atoms with Crippen LogP contribution in [0.1, 0.15) is 52.9 Å². The van der Waals surface area contributed by atoms with Crippen LogP contribution in [0, 0.1) is 5.92 Å². The van der Waals surface area contributed by atoms with Gasteiger partial charge in [-0.25, -0.2) is 0 Å². The molecular formula is C17H35N3. The predicted molar refractivity (Wildman–Crippen MR) is 87.2 cm³/mol. The number of piperazine rings is 1. The molecule has 0 aromatic rings. The minimum absolute atomic E-state index is 0.712. The highest BCUT2D eigenvalue weighted by Crippen LogP contribution is 2.22. The van der Waals surface area contributed by atoms with Gasteiger partial charge < -0.3 is 10.2 Å². The molecule has 0 spiro atoms. The lowest BCUT2D eigenvalue weighted by Crippen LogP contribution is -2.60. The Labute approximate surface area is 126 Å². The third-order valence-corrected chi connectivity index (χ3v) is 5.31. The van der Waals surface area contributed by atoms with Gasteiger partial charge in [0.2, 0.25) is 0 Å². The minimum Gasteiger partial charge on any atom is -0.311 e. The van der Waals surface area contributed by atoms with Gasteiger partial charge in [-0.3, -0.25) is 4.90 Å². The first-order chi connectivity index (χ1) is 9.61. The average molecular weight is 281 g/mol. The lowest BCUT2D eigenvalue weighted by molar-refractivity contribution is 0.0527. The first kappa shape index (κ1) is 16.3. The predicted octanol–water partition coefficient (Wildman–Crippen LogP) is 2.57. The molecule has 3 heteroatoms. The molecule has 2 heterocycles. The zero-order chi connectivity index (χ0) is 14.5. The summed E-state index contributed by atoms with van der Waals surface area (Å²) in [5.41, 5.74) is 0. The van der Waals surface area contributed by atoms with Gasteiger partial charge >= 0.3 is 0 Å². The maximum atomic E-state index is 3.77. The second kappa shape index (κ2) is 7.77. The maximum absolute atomic E-state index is 3.77. The number of likely N-dealkylation sites (tertiary alicyclic amines) is 1. The number of nitrogens with one attached hydrogen (secondary N) is 1. The topological polar surface area (TPSA) is 18.5 Å². The Morgan fingerprint density at radius 1 is 1.25 bits per heavy atom. The van der Waals surface area contributed by atoms with E-state index in [-0.39, 0.29) is 0 Å². The Morgan fingerprint density at radius 2 is 2.05 bits per heavy atom. The molecule has 0 bridgehead atoms. The Balaban J connectivity index is 1.95. The summed E-state index contributed by atoms with van der Waals surface area (Å²) >= 11 is 0. The highest BCUT2D eigenvalue weighted by molar-refractivity contribution is 4.90. The second-order valence-corrected chi connectivity index (χ2v) is 7.29. The number of likely N-dealkylation sites (N-methyl/N-ethyl adjacent to an activating group) is 1. The second-order valence-electron chi connectivity index (χ2n) is 7.29. The zero-order valence-corrected chi connectivity index (χ0v) is 14.1. The highest BCUT2D eigenvalue weighted by Gasteiger charge is 2.32. The van der Waals surface area contributed by atoms with E-state index in [1.165, 1.54) is 58.3 Å². The number of nitrogens with zero attached hydrogens (tertiary/aromatic N) is 2. The fourth-order valence-corrected chi connectivity index (χ4v) is 3.95. The van der Waals surface area contributed by atoms with Crippen molar-refractivity contribution in [3.05, 3.63) is 0 Å². The van der Waals surface area contributed by atoms with Gasteiger partial charge in [-0.05, 0) is 38.8 Å². The fraction of sp³-hybridized carbons (Fsp3) is 1.00. The first-order valence-electron chi connectivity index (χ1n) is 8.79. The van der Waals surface area contributed by atoms with Crippen molar-refractivity contribution in [1.29, 1.82) is 0 Å². The third kappa shape index (κ3) is 4.19. The van der Waals surface area contributed by atoms with Crippen LogP contribution in [0.2, 0.25) is 0 Å². The molecule has 2 aliphatic heterocycles. The molecule has 0 aromatic carbocycles. The van der Waals surface area contributed by atoms with Gasteiger partial charge in [-0.1, -0.05) is 33.6 Å². The molecule has 0 aliphatic carbocycles. The molecule has 3 nitrogen and oxygen atoms in total. The van der Waals surface area contributed by atoms with Gasteiger partial charge in [0.05, 0.1) is 0 Å². The molecule has 2 fully saturated rings. The summed E-state index contributed by atoms with van der Waals surface area (Å²) in [6.07, 6.45) is 6.82. The van der Waals surface area contributed by atoms with Crippen LogP contribution in [0.3, 0.4) is 0 Å². The first-order valence-corrected chi connectivity index (χ1v) is 8.79. The van der Waals surface area contributed by atoms with Crippen LogP contribution in [0.25, 0.3) is 0 Å². The molecule has 1 N–H and O–H groups in total. The number of piperidine rings is 1. The molecular weight excluding hydrogens is 246 g/mol. The van der Waals surface area contributed by atoms with Crippen LogP contribution in [0.4, 0.5) is 0 Å². The smallest absolute Gasteiger partial charge is 0.0245 e. The van der Waals surface area contributed by atoms with E-state index < -0.39 is 0 Å². The lowest BCUT2D eigenvalue weighted by Gasteiger charge is -2.46. The molecule has 2 rings (SSSR count). The van der Waals surface area contributed by atoms with Gasteiger partial charge in [0.1, 0.15) is 0 Å². The largest absolute Gasteiger partial charge is 0.311 e. The molecule has 0 saturated carbocycles. The summed E-state index contributed by atoms with van der Waals surface area (Å²) in [6, 6.07) is 2.22. The molecule has 0 aromatic heterocycles. The minimum atomic E-state index is 0.712. The Hall–Kier alpha value is -0.120. The summed E-state index contributed by atoms with van der Waals surface area (Å²) in [6.45, 7) is 12.1. The van der Waals surface area contributed by atoms with Gasteiger partial charge in [-0.15, -0.1) is 0 Å². The standard InChI is InChI=1S/C17H35N3/c1-5-8-15-12-20(17(11-18-15)14(2)3)13-16-9-6-7-10-19(16)4/h14-18H,5-13H2,1-4H3. The van der Waals surface area contributed by atoms with Crippen molar-refractivity contribution < 1.29 is 0 Å². The number of rotatable bonds is 5. The SMILES string of the molecule is CCCC1CN(CC2CCCCN2C)C(C(C)C)CN1. The quantitative estimate of drug-likeness (QED) is 0.835. The Kier molecular flexibility index (Phi) is 6.31. The van der Waals surface area contributed by atoms with Crippen molar-refractivity contribution in [2.75, 3.05) is 33.2 Å². The average Bonchev–Trinajstić information content (AvgIpc) is 2.42.